The maximum absolute atomic E-state index is 12.9. The second-order valence-electron chi connectivity index (χ2n) is 7.27. The average Bonchev–Trinajstić information content (AvgIpc) is 3.05. The minimum absolute atomic E-state index is 0.0245. The number of methoxy groups -OCH3 is 1. The van der Waals surface area contributed by atoms with Gasteiger partial charge in [0.2, 0.25) is 0 Å². The molecule has 1 aromatic heterocycles. The highest BCUT2D eigenvalue weighted by Crippen LogP contribution is 2.63. The van der Waals surface area contributed by atoms with Crippen molar-refractivity contribution in [3.8, 4) is 0 Å². The number of rotatable bonds is 3. The molecule has 0 N–H and O–H groups in total. The molecule has 2 bridgehead atoms. The number of allylic oxidation sites excluding steroid dienone is 1. The van der Waals surface area contributed by atoms with Crippen molar-refractivity contribution in [1.29, 1.82) is 0 Å². The van der Waals surface area contributed by atoms with Gasteiger partial charge in [0.1, 0.15) is 4.08 Å². The van der Waals surface area contributed by atoms with Crippen molar-refractivity contribution in [3.63, 3.8) is 0 Å². The fourth-order valence-electron chi connectivity index (χ4n) is 4.89. The molecular formula is C21H24N2O3S2. The standard InChI is InChI=1S/C21H24N2O3S2/c1-12(24)14-11-22(2)17-10-15(14)21(27-4,28-5)19-18(17)13-8-6-7-9-16(13)23(19)20(25)26-3/h6-9,11,15,17H,10H2,1-5H3/t15-,17-/m1/s1. The SMILES string of the molecule is COC(=O)n1c2c(c3ccccc31)[C@H]1C[C@H](C(C(C)=O)=CN1C)C2(SC)SC. The van der Waals surface area contributed by atoms with Gasteiger partial charge < -0.3 is 9.64 Å². The number of hydrogen-bond acceptors (Lipinski definition) is 6. The Hall–Kier alpha value is -1.86. The lowest BCUT2D eigenvalue weighted by Gasteiger charge is -2.50. The molecule has 0 radical (unpaired) electrons. The normalized spacial score (nSPS) is 22.6. The fraction of sp³-hybridized carbons (Fsp3) is 0.429. The molecule has 1 aliphatic carbocycles. The van der Waals surface area contributed by atoms with Gasteiger partial charge in [-0.05, 0) is 31.9 Å². The van der Waals surface area contributed by atoms with Crippen molar-refractivity contribution < 1.29 is 14.3 Å². The van der Waals surface area contributed by atoms with E-state index in [1.165, 1.54) is 12.7 Å². The first-order chi connectivity index (χ1) is 13.4. The maximum atomic E-state index is 12.9. The summed E-state index contributed by atoms with van der Waals surface area (Å²) in [5.74, 6) is 0.114. The summed E-state index contributed by atoms with van der Waals surface area (Å²) < 4.78 is 6.47. The summed E-state index contributed by atoms with van der Waals surface area (Å²) in [6.07, 6.45) is 6.61. The van der Waals surface area contributed by atoms with E-state index in [0.717, 1.165) is 28.6 Å². The van der Waals surface area contributed by atoms with Gasteiger partial charge in [0.25, 0.3) is 0 Å². The highest BCUT2D eigenvalue weighted by molar-refractivity contribution is 8.16. The van der Waals surface area contributed by atoms with Gasteiger partial charge in [0.15, 0.2) is 5.78 Å². The van der Waals surface area contributed by atoms with E-state index in [1.54, 1.807) is 35.0 Å². The maximum Gasteiger partial charge on any atom is 0.418 e. The summed E-state index contributed by atoms with van der Waals surface area (Å²) in [4.78, 5) is 27.6. The van der Waals surface area contributed by atoms with Crippen molar-refractivity contribution in [3.05, 3.63) is 47.3 Å². The van der Waals surface area contributed by atoms with E-state index in [9.17, 15) is 9.59 Å². The summed E-state index contributed by atoms with van der Waals surface area (Å²) in [6.45, 7) is 1.64. The predicted molar refractivity (Wildman–Crippen MR) is 116 cm³/mol. The molecule has 0 fully saturated rings. The lowest BCUT2D eigenvalue weighted by Crippen LogP contribution is -2.45. The van der Waals surface area contributed by atoms with E-state index in [0.29, 0.717) is 0 Å². The molecule has 1 aliphatic heterocycles. The zero-order valence-corrected chi connectivity index (χ0v) is 18.3. The van der Waals surface area contributed by atoms with Crippen LogP contribution in [-0.2, 0) is 13.6 Å². The lowest BCUT2D eigenvalue weighted by atomic mass is 9.74. The molecule has 4 rings (SSSR count). The number of aromatic nitrogens is 1. The Morgan fingerprint density at radius 1 is 1.21 bits per heavy atom. The van der Waals surface area contributed by atoms with Crippen molar-refractivity contribution in [2.24, 2.45) is 5.92 Å². The van der Waals surface area contributed by atoms with Gasteiger partial charge in [-0.3, -0.25) is 4.79 Å². The number of fused-ring (bicyclic) bond motifs is 6. The molecule has 148 valence electrons. The summed E-state index contributed by atoms with van der Waals surface area (Å²) in [5, 5.41) is 1.07. The lowest BCUT2D eigenvalue weighted by molar-refractivity contribution is -0.114. The Bertz CT molecular complexity index is 1010. The van der Waals surface area contributed by atoms with Crippen LogP contribution in [0.2, 0.25) is 0 Å². The molecule has 1 aromatic carbocycles. The van der Waals surface area contributed by atoms with Crippen molar-refractivity contribution in [1.82, 2.24) is 9.47 Å². The fourth-order valence-corrected chi connectivity index (χ4v) is 7.36. The van der Waals surface area contributed by atoms with Crippen molar-refractivity contribution in [2.45, 2.75) is 23.5 Å². The molecule has 0 saturated heterocycles. The van der Waals surface area contributed by atoms with Crippen molar-refractivity contribution >= 4 is 46.3 Å². The minimum atomic E-state index is -0.447. The van der Waals surface area contributed by atoms with Crippen LogP contribution in [0.5, 0.6) is 0 Å². The number of Topliss-reactive ketones (excluding diaryl/α,β-unsaturated/α-hetero) is 1. The molecule has 2 heterocycles. The first-order valence-corrected chi connectivity index (χ1v) is 11.6. The molecule has 0 saturated carbocycles. The third-order valence-electron chi connectivity index (χ3n) is 6.07. The number of carbonyl (C=O) groups excluding carboxylic acids is 2. The average molecular weight is 417 g/mol. The van der Waals surface area contributed by atoms with Gasteiger partial charge in [-0.2, -0.15) is 0 Å². The van der Waals surface area contributed by atoms with E-state index in [1.807, 2.05) is 31.4 Å². The molecule has 2 aromatic rings. The second-order valence-corrected chi connectivity index (χ2v) is 9.63. The first-order valence-electron chi connectivity index (χ1n) is 9.18. The number of ketones is 1. The Morgan fingerprint density at radius 2 is 1.89 bits per heavy atom. The summed E-state index contributed by atoms with van der Waals surface area (Å²) in [6, 6.07) is 8.13. The third-order valence-corrected chi connectivity index (χ3v) is 9.24. The number of ether oxygens (including phenoxy) is 1. The molecule has 2 aliphatic rings. The van der Waals surface area contributed by atoms with Crippen LogP contribution in [0.25, 0.3) is 10.9 Å². The van der Waals surface area contributed by atoms with Crippen LogP contribution in [0.3, 0.4) is 0 Å². The largest absolute Gasteiger partial charge is 0.452 e. The van der Waals surface area contributed by atoms with E-state index in [4.69, 9.17) is 4.74 Å². The molecular weight excluding hydrogens is 392 g/mol. The van der Waals surface area contributed by atoms with E-state index >= 15 is 0 Å². The Labute approximate surface area is 173 Å². The number of thioether (sulfide) groups is 2. The van der Waals surface area contributed by atoms with Crippen LogP contribution in [0, 0.1) is 5.92 Å². The van der Waals surface area contributed by atoms with Gasteiger partial charge in [-0.1, -0.05) is 18.2 Å². The monoisotopic (exact) mass is 416 g/mol. The predicted octanol–water partition coefficient (Wildman–Crippen LogP) is 4.61. The molecule has 0 spiro atoms. The summed E-state index contributed by atoms with van der Waals surface area (Å²) >= 11 is 3.41. The van der Waals surface area contributed by atoms with E-state index < -0.39 is 4.08 Å². The van der Waals surface area contributed by atoms with Crippen LogP contribution < -0.4 is 0 Å². The highest BCUT2D eigenvalue weighted by Gasteiger charge is 2.55. The van der Waals surface area contributed by atoms with E-state index in [-0.39, 0.29) is 23.8 Å². The van der Waals surface area contributed by atoms with E-state index in [2.05, 4.69) is 23.5 Å². The highest BCUT2D eigenvalue weighted by atomic mass is 32.2. The zero-order valence-electron chi connectivity index (χ0n) is 16.7. The number of hydrogen-bond donors (Lipinski definition) is 0. The molecule has 0 amide bonds. The summed E-state index contributed by atoms with van der Waals surface area (Å²) in [5.41, 5.74) is 3.81. The van der Waals surface area contributed by atoms with Gasteiger partial charge in [0.05, 0.1) is 24.4 Å². The summed E-state index contributed by atoms with van der Waals surface area (Å²) in [7, 11) is 3.43. The molecule has 5 nitrogen and oxygen atoms in total. The van der Waals surface area contributed by atoms with Crippen LogP contribution >= 0.6 is 23.5 Å². The van der Waals surface area contributed by atoms with Crippen LogP contribution in [0.15, 0.2) is 36.0 Å². The number of nitrogens with zero attached hydrogens (tertiary/aromatic N) is 2. The molecule has 28 heavy (non-hydrogen) atoms. The zero-order chi connectivity index (χ0) is 20.2. The number of para-hydroxylation sites is 1. The Morgan fingerprint density at radius 3 is 2.50 bits per heavy atom. The molecule has 7 heteroatoms. The second kappa shape index (κ2) is 6.88. The minimum Gasteiger partial charge on any atom is -0.452 e. The van der Waals surface area contributed by atoms with Gasteiger partial charge in [-0.15, -0.1) is 23.5 Å². The van der Waals surface area contributed by atoms with Crippen LogP contribution in [0.1, 0.15) is 30.6 Å². The number of benzene rings is 1. The topological polar surface area (TPSA) is 51.5 Å². The molecule has 2 atom stereocenters. The van der Waals surface area contributed by atoms with Crippen LogP contribution in [0.4, 0.5) is 4.79 Å². The van der Waals surface area contributed by atoms with Crippen LogP contribution in [-0.4, -0.2) is 48.0 Å². The first kappa shape index (κ1) is 19.5. The van der Waals surface area contributed by atoms with Gasteiger partial charge in [-0.25, -0.2) is 9.36 Å². The Balaban J connectivity index is 2.15. The quantitative estimate of drug-likeness (QED) is 0.681. The number of carbonyl (C=O) groups is 2. The third kappa shape index (κ3) is 2.42. The smallest absolute Gasteiger partial charge is 0.418 e. The van der Waals surface area contributed by atoms with Crippen molar-refractivity contribution in [2.75, 3.05) is 26.7 Å². The van der Waals surface area contributed by atoms with Gasteiger partial charge in [0, 0.05) is 35.7 Å². The molecule has 0 unspecified atom stereocenters. The van der Waals surface area contributed by atoms with Gasteiger partial charge >= 0.3 is 6.09 Å². The Kier molecular flexibility index (Phi) is 4.78.